The van der Waals surface area contributed by atoms with Crippen molar-refractivity contribution in [2.75, 3.05) is 32.0 Å². The molecule has 0 saturated carbocycles. The van der Waals surface area contributed by atoms with Gasteiger partial charge in [0.15, 0.2) is 0 Å². The van der Waals surface area contributed by atoms with E-state index in [2.05, 4.69) is 10.6 Å². The molecule has 0 aliphatic carbocycles. The molecule has 6 nitrogen and oxygen atoms in total. The lowest BCUT2D eigenvalue weighted by Crippen LogP contribution is -2.32. The van der Waals surface area contributed by atoms with Gasteiger partial charge in [0.25, 0.3) is 0 Å². The second-order valence-electron chi connectivity index (χ2n) is 5.27. The molecule has 0 saturated heterocycles. The van der Waals surface area contributed by atoms with Gasteiger partial charge in [-0.25, -0.2) is 0 Å². The van der Waals surface area contributed by atoms with Crippen molar-refractivity contribution in [1.29, 1.82) is 0 Å². The molecule has 25 heavy (non-hydrogen) atoms. The van der Waals surface area contributed by atoms with Crippen LogP contribution in [0.3, 0.4) is 0 Å². The summed E-state index contributed by atoms with van der Waals surface area (Å²) in [4.78, 5) is 12.4. The number of rotatable bonds is 7. The maximum atomic E-state index is 12.4. The average Bonchev–Trinajstić information content (AvgIpc) is 2.62. The minimum atomic E-state index is -0.513. The van der Waals surface area contributed by atoms with Crippen LogP contribution in [0.1, 0.15) is 6.92 Å². The smallest absolute Gasteiger partial charge is 0.246 e. The van der Waals surface area contributed by atoms with E-state index < -0.39 is 6.04 Å². The SMILES string of the molecule is COc1ccc(NC(=O)[C@H](C)Nc2cc(Cl)c(OC)cc2OC)cc1. The van der Waals surface area contributed by atoms with E-state index in [0.29, 0.717) is 27.9 Å². The molecule has 2 aromatic carbocycles. The Morgan fingerprint density at radius 2 is 1.64 bits per heavy atom. The second kappa shape index (κ2) is 8.48. The van der Waals surface area contributed by atoms with Gasteiger partial charge >= 0.3 is 0 Å². The third kappa shape index (κ3) is 4.70. The first-order valence-corrected chi connectivity index (χ1v) is 7.99. The van der Waals surface area contributed by atoms with E-state index in [0.717, 1.165) is 5.75 Å². The number of ether oxygens (including phenoxy) is 3. The van der Waals surface area contributed by atoms with Gasteiger partial charge in [0.2, 0.25) is 5.91 Å². The number of halogens is 1. The van der Waals surface area contributed by atoms with E-state index in [9.17, 15) is 4.79 Å². The quantitative estimate of drug-likeness (QED) is 0.782. The zero-order valence-electron chi connectivity index (χ0n) is 14.6. The maximum Gasteiger partial charge on any atom is 0.246 e. The molecule has 0 heterocycles. The van der Waals surface area contributed by atoms with Crippen LogP contribution >= 0.6 is 11.6 Å². The Kier molecular flexibility index (Phi) is 6.36. The summed E-state index contributed by atoms with van der Waals surface area (Å²) in [6.07, 6.45) is 0. The number of benzene rings is 2. The highest BCUT2D eigenvalue weighted by molar-refractivity contribution is 6.32. The van der Waals surface area contributed by atoms with E-state index in [4.69, 9.17) is 25.8 Å². The van der Waals surface area contributed by atoms with Gasteiger partial charge in [-0.05, 0) is 37.3 Å². The Bertz CT molecular complexity index is 735. The lowest BCUT2D eigenvalue weighted by molar-refractivity contribution is -0.116. The molecule has 1 atom stereocenters. The molecule has 134 valence electrons. The molecular formula is C18H21ClN2O4. The third-order valence-corrected chi connectivity index (χ3v) is 3.89. The van der Waals surface area contributed by atoms with Crippen molar-refractivity contribution in [2.45, 2.75) is 13.0 Å². The number of carbonyl (C=O) groups is 1. The summed E-state index contributed by atoms with van der Waals surface area (Å²) in [7, 11) is 4.65. The molecular weight excluding hydrogens is 344 g/mol. The zero-order chi connectivity index (χ0) is 18.4. The summed E-state index contributed by atoms with van der Waals surface area (Å²) < 4.78 is 15.6. The highest BCUT2D eigenvalue weighted by Gasteiger charge is 2.17. The van der Waals surface area contributed by atoms with Crippen LogP contribution in [0.25, 0.3) is 0 Å². The van der Waals surface area contributed by atoms with Gasteiger partial charge in [0.05, 0.1) is 32.0 Å². The van der Waals surface area contributed by atoms with Crippen molar-refractivity contribution < 1.29 is 19.0 Å². The second-order valence-corrected chi connectivity index (χ2v) is 5.68. The predicted molar refractivity (Wildman–Crippen MR) is 99.3 cm³/mol. The topological polar surface area (TPSA) is 68.8 Å². The van der Waals surface area contributed by atoms with Crippen molar-refractivity contribution in [1.82, 2.24) is 0 Å². The van der Waals surface area contributed by atoms with Crippen LogP contribution in [0, 0.1) is 0 Å². The van der Waals surface area contributed by atoms with Gasteiger partial charge in [-0.2, -0.15) is 0 Å². The largest absolute Gasteiger partial charge is 0.497 e. The fraction of sp³-hybridized carbons (Fsp3) is 0.278. The van der Waals surface area contributed by atoms with Crippen molar-refractivity contribution in [2.24, 2.45) is 0 Å². The molecule has 0 radical (unpaired) electrons. The minimum absolute atomic E-state index is 0.195. The molecule has 0 aliphatic rings. The third-order valence-electron chi connectivity index (χ3n) is 3.60. The summed E-state index contributed by atoms with van der Waals surface area (Å²) in [5.74, 6) is 1.56. The molecule has 0 aliphatic heterocycles. The Morgan fingerprint density at radius 3 is 2.20 bits per heavy atom. The van der Waals surface area contributed by atoms with Gasteiger partial charge < -0.3 is 24.8 Å². The molecule has 7 heteroatoms. The Morgan fingerprint density at radius 1 is 1.00 bits per heavy atom. The minimum Gasteiger partial charge on any atom is -0.497 e. The van der Waals surface area contributed by atoms with Crippen molar-refractivity contribution in [3.63, 3.8) is 0 Å². The maximum absolute atomic E-state index is 12.4. The van der Waals surface area contributed by atoms with Gasteiger partial charge in [0.1, 0.15) is 23.3 Å². The molecule has 1 amide bonds. The average molecular weight is 365 g/mol. The van der Waals surface area contributed by atoms with E-state index >= 15 is 0 Å². The van der Waals surface area contributed by atoms with Crippen LogP contribution in [0.2, 0.25) is 5.02 Å². The van der Waals surface area contributed by atoms with Gasteiger partial charge in [-0.15, -0.1) is 0 Å². The number of anilines is 2. The number of hydrogen-bond donors (Lipinski definition) is 2. The van der Waals surface area contributed by atoms with Crippen LogP contribution in [0.4, 0.5) is 11.4 Å². The number of nitrogens with one attached hydrogen (secondary N) is 2. The molecule has 2 rings (SSSR count). The van der Waals surface area contributed by atoms with Crippen LogP contribution < -0.4 is 24.8 Å². The number of methoxy groups -OCH3 is 3. The van der Waals surface area contributed by atoms with E-state index in [-0.39, 0.29) is 5.91 Å². The first-order valence-electron chi connectivity index (χ1n) is 7.61. The summed E-state index contributed by atoms with van der Waals surface area (Å²) in [6.45, 7) is 1.75. The molecule has 0 bridgehead atoms. The van der Waals surface area contributed by atoms with Crippen LogP contribution in [0.15, 0.2) is 36.4 Å². The highest BCUT2D eigenvalue weighted by atomic mass is 35.5. The summed E-state index contributed by atoms with van der Waals surface area (Å²) in [6, 6.07) is 9.91. The fourth-order valence-corrected chi connectivity index (χ4v) is 2.44. The van der Waals surface area contributed by atoms with Gasteiger partial charge in [-0.3, -0.25) is 4.79 Å². The van der Waals surface area contributed by atoms with Crippen molar-refractivity contribution in [3.05, 3.63) is 41.4 Å². The summed E-state index contributed by atoms with van der Waals surface area (Å²) in [5, 5.41) is 6.35. The Labute approximate surface area is 152 Å². The number of amides is 1. The monoisotopic (exact) mass is 364 g/mol. The summed E-state index contributed by atoms with van der Waals surface area (Å²) >= 11 is 6.15. The first-order chi connectivity index (χ1) is 12.0. The van der Waals surface area contributed by atoms with Crippen molar-refractivity contribution >= 4 is 28.9 Å². The molecule has 0 unspecified atom stereocenters. The van der Waals surface area contributed by atoms with Crippen LogP contribution in [0.5, 0.6) is 17.2 Å². The Balaban J connectivity index is 2.08. The first kappa shape index (κ1) is 18.7. The van der Waals surface area contributed by atoms with Crippen LogP contribution in [-0.4, -0.2) is 33.3 Å². The van der Waals surface area contributed by atoms with Gasteiger partial charge in [-0.1, -0.05) is 11.6 Å². The number of hydrogen-bond acceptors (Lipinski definition) is 5. The number of carbonyl (C=O) groups excluding carboxylic acids is 1. The van der Waals surface area contributed by atoms with E-state index in [1.165, 1.54) is 14.2 Å². The van der Waals surface area contributed by atoms with Crippen LogP contribution in [-0.2, 0) is 4.79 Å². The van der Waals surface area contributed by atoms with Crippen molar-refractivity contribution in [3.8, 4) is 17.2 Å². The Hall–Kier alpha value is -2.60. The van der Waals surface area contributed by atoms with E-state index in [1.807, 2.05) is 0 Å². The molecule has 2 N–H and O–H groups in total. The molecule has 0 aromatic heterocycles. The van der Waals surface area contributed by atoms with Gasteiger partial charge in [0, 0.05) is 11.8 Å². The standard InChI is InChI=1S/C18H21ClN2O4/c1-11(18(22)21-12-5-7-13(23-2)8-6-12)20-15-9-14(19)16(24-3)10-17(15)25-4/h5-11,20H,1-4H3,(H,21,22)/t11-/m0/s1. The lowest BCUT2D eigenvalue weighted by atomic mass is 10.2. The molecule has 2 aromatic rings. The zero-order valence-corrected chi connectivity index (χ0v) is 15.3. The highest BCUT2D eigenvalue weighted by Crippen LogP contribution is 2.36. The molecule has 0 spiro atoms. The van der Waals surface area contributed by atoms with E-state index in [1.54, 1.807) is 50.4 Å². The lowest BCUT2D eigenvalue weighted by Gasteiger charge is -2.18. The predicted octanol–water partition coefficient (Wildman–Crippen LogP) is 3.80. The normalized spacial score (nSPS) is 11.4. The fourth-order valence-electron chi connectivity index (χ4n) is 2.20. The molecule has 0 fully saturated rings. The summed E-state index contributed by atoms with van der Waals surface area (Å²) in [5.41, 5.74) is 1.28.